The zero-order valence-electron chi connectivity index (χ0n) is 18.5. The molecule has 13 heteroatoms. The fourth-order valence-electron chi connectivity index (χ4n) is 2.93. The molecule has 0 aliphatic carbocycles. The number of hydrogen-bond acceptors (Lipinski definition) is 8. The standard InChI is InChI=1S/C20H27BrClN3O8/c1-5-30-17(32-14(26)7-6-8-23-19(29)33-20(2,3)4)15-12(22)9-13(31-15)25-10-11(21)16(27)24-18(25)28/h5,10,12-13,15,17H,1,6-9H2,2-4H3,(H,23,29)(H,24,27,28)/t12-,13+,15-,17?/m0/s1. The molecule has 1 aliphatic rings. The molecule has 0 saturated carbocycles. The zero-order valence-corrected chi connectivity index (χ0v) is 20.8. The maximum absolute atomic E-state index is 12.3. The number of H-pyrrole nitrogens is 1. The number of nitrogens with one attached hydrogen (secondary N) is 2. The summed E-state index contributed by atoms with van der Waals surface area (Å²) in [6.07, 6.45) is -0.636. The van der Waals surface area contributed by atoms with Crippen LogP contribution in [0.3, 0.4) is 0 Å². The van der Waals surface area contributed by atoms with Gasteiger partial charge in [-0.2, -0.15) is 0 Å². The third kappa shape index (κ3) is 8.20. The molecule has 1 aromatic heterocycles. The Morgan fingerprint density at radius 3 is 2.79 bits per heavy atom. The molecular weight excluding hydrogens is 526 g/mol. The second-order valence-electron chi connectivity index (χ2n) is 8.14. The quantitative estimate of drug-likeness (QED) is 0.157. The lowest BCUT2D eigenvalue weighted by Crippen LogP contribution is -2.38. The van der Waals surface area contributed by atoms with E-state index in [-0.39, 0.29) is 23.9 Å². The van der Waals surface area contributed by atoms with Crippen LogP contribution in [-0.2, 0) is 23.7 Å². The number of halogens is 2. The van der Waals surface area contributed by atoms with Crippen molar-refractivity contribution in [3.63, 3.8) is 0 Å². The second-order valence-corrected chi connectivity index (χ2v) is 9.56. The summed E-state index contributed by atoms with van der Waals surface area (Å²) in [5.74, 6) is -0.604. The summed E-state index contributed by atoms with van der Waals surface area (Å²) >= 11 is 9.45. The molecule has 0 bridgehead atoms. The third-order valence-corrected chi connectivity index (χ3v) is 5.30. The SMILES string of the molecule is C=COC(OC(=O)CCCNC(=O)OC(C)(C)C)[C@H]1O[C@@H](n2cc(Br)c(=O)[nH]c2=O)C[C@@H]1Cl. The van der Waals surface area contributed by atoms with Gasteiger partial charge in [0.15, 0.2) is 6.10 Å². The number of alkyl carbamates (subject to hydrolysis) is 1. The molecular formula is C20H27BrClN3O8. The number of amides is 1. The predicted molar refractivity (Wildman–Crippen MR) is 122 cm³/mol. The normalized spacial score (nSPS) is 21.2. The molecule has 33 heavy (non-hydrogen) atoms. The van der Waals surface area contributed by atoms with Crippen molar-refractivity contribution < 1.29 is 28.5 Å². The van der Waals surface area contributed by atoms with Gasteiger partial charge in [0.2, 0.25) is 0 Å². The lowest BCUT2D eigenvalue weighted by atomic mass is 10.2. The van der Waals surface area contributed by atoms with Crippen LogP contribution in [0.4, 0.5) is 4.79 Å². The van der Waals surface area contributed by atoms with E-state index in [0.717, 1.165) is 6.26 Å². The van der Waals surface area contributed by atoms with Gasteiger partial charge in [-0.25, -0.2) is 9.59 Å². The Morgan fingerprint density at radius 1 is 1.45 bits per heavy atom. The number of aromatic nitrogens is 2. The maximum atomic E-state index is 12.3. The van der Waals surface area contributed by atoms with E-state index < -0.39 is 52.9 Å². The van der Waals surface area contributed by atoms with Crippen molar-refractivity contribution in [3.8, 4) is 0 Å². The van der Waals surface area contributed by atoms with Crippen LogP contribution < -0.4 is 16.6 Å². The van der Waals surface area contributed by atoms with Crippen LogP contribution in [0, 0.1) is 0 Å². The minimum atomic E-state index is -1.21. The first kappa shape index (κ1) is 26.9. The maximum Gasteiger partial charge on any atom is 0.407 e. The van der Waals surface area contributed by atoms with Crippen molar-refractivity contribution in [2.45, 2.75) is 69.6 Å². The molecule has 1 unspecified atom stereocenters. The van der Waals surface area contributed by atoms with Crippen molar-refractivity contribution in [1.82, 2.24) is 14.9 Å². The highest BCUT2D eigenvalue weighted by Crippen LogP contribution is 2.34. The van der Waals surface area contributed by atoms with Crippen LogP contribution in [0.2, 0.25) is 0 Å². The van der Waals surface area contributed by atoms with Crippen molar-refractivity contribution >= 4 is 39.6 Å². The number of aromatic amines is 1. The van der Waals surface area contributed by atoms with Gasteiger partial charge in [-0.1, -0.05) is 6.58 Å². The fraction of sp³-hybridized carbons (Fsp3) is 0.600. The van der Waals surface area contributed by atoms with Gasteiger partial charge in [-0.15, -0.1) is 11.6 Å². The van der Waals surface area contributed by atoms with E-state index in [2.05, 4.69) is 32.8 Å². The second kappa shape index (κ2) is 11.7. The summed E-state index contributed by atoms with van der Waals surface area (Å²) in [5, 5.41) is 1.88. The predicted octanol–water partition coefficient (Wildman–Crippen LogP) is 2.53. The average molecular weight is 553 g/mol. The van der Waals surface area contributed by atoms with E-state index in [1.165, 1.54) is 10.8 Å². The van der Waals surface area contributed by atoms with E-state index in [1.54, 1.807) is 20.8 Å². The molecule has 1 amide bonds. The number of nitrogens with zero attached hydrogens (tertiary/aromatic N) is 1. The monoisotopic (exact) mass is 551 g/mol. The van der Waals surface area contributed by atoms with Crippen molar-refractivity contribution in [2.75, 3.05) is 6.54 Å². The highest BCUT2D eigenvalue weighted by Gasteiger charge is 2.43. The largest absolute Gasteiger partial charge is 0.460 e. The first-order valence-corrected chi connectivity index (χ1v) is 11.4. The van der Waals surface area contributed by atoms with Crippen LogP contribution in [0.1, 0.15) is 46.3 Å². The summed E-state index contributed by atoms with van der Waals surface area (Å²) in [5.41, 5.74) is -1.87. The molecule has 0 aromatic carbocycles. The Kier molecular flexibility index (Phi) is 9.56. The van der Waals surface area contributed by atoms with E-state index in [4.69, 9.17) is 30.5 Å². The Bertz CT molecular complexity index is 973. The fourth-order valence-corrected chi connectivity index (χ4v) is 3.58. The number of rotatable bonds is 9. The van der Waals surface area contributed by atoms with E-state index in [1.807, 2.05) is 0 Å². The van der Waals surface area contributed by atoms with Crippen LogP contribution in [0.5, 0.6) is 0 Å². The lowest BCUT2D eigenvalue weighted by Gasteiger charge is -2.25. The van der Waals surface area contributed by atoms with Crippen LogP contribution in [0.25, 0.3) is 0 Å². The number of carbonyl (C=O) groups is 2. The van der Waals surface area contributed by atoms with E-state index >= 15 is 0 Å². The van der Waals surface area contributed by atoms with E-state index in [9.17, 15) is 19.2 Å². The number of alkyl halides is 1. The van der Waals surface area contributed by atoms with Crippen molar-refractivity contribution in [1.29, 1.82) is 0 Å². The summed E-state index contributed by atoms with van der Waals surface area (Å²) in [6.45, 7) is 8.91. The molecule has 11 nitrogen and oxygen atoms in total. The summed E-state index contributed by atoms with van der Waals surface area (Å²) in [6, 6.07) is 0. The first-order valence-electron chi connectivity index (χ1n) is 10.1. The molecule has 184 valence electrons. The summed E-state index contributed by atoms with van der Waals surface area (Å²) in [4.78, 5) is 49.7. The molecule has 1 saturated heterocycles. The number of esters is 1. The highest BCUT2D eigenvalue weighted by atomic mass is 79.9. The average Bonchev–Trinajstić information content (AvgIpc) is 3.07. The van der Waals surface area contributed by atoms with Crippen LogP contribution in [0.15, 0.2) is 33.1 Å². The van der Waals surface area contributed by atoms with Gasteiger partial charge in [0.25, 0.3) is 11.8 Å². The first-order chi connectivity index (χ1) is 15.4. The molecule has 4 atom stereocenters. The Hall–Kier alpha value is -2.31. The van der Waals surface area contributed by atoms with Gasteiger partial charge in [-0.3, -0.25) is 19.1 Å². The number of hydrogen-bond donors (Lipinski definition) is 2. The number of ether oxygens (including phenoxy) is 4. The molecule has 0 spiro atoms. The molecule has 2 rings (SSSR count). The Morgan fingerprint density at radius 2 is 2.15 bits per heavy atom. The molecule has 2 heterocycles. The van der Waals surface area contributed by atoms with Gasteiger partial charge in [0.1, 0.15) is 11.8 Å². The van der Waals surface area contributed by atoms with Crippen LogP contribution in [-0.4, -0.2) is 51.5 Å². The van der Waals surface area contributed by atoms with Crippen molar-refractivity contribution in [2.24, 2.45) is 0 Å². The molecule has 0 radical (unpaired) electrons. The summed E-state index contributed by atoms with van der Waals surface area (Å²) < 4.78 is 22.9. The Balaban J connectivity index is 1.92. The van der Waals surface area contributed by atoms with Gasteiger partial charge in [0, 0.05) is 25.6 Å². The van der Waals surface area contributed by atoms with Crippen LogP contribution >= 0.6 is 27.5 Å². The minimum Gasteiger partial charge on any atom is -0.460 e. The molecule has 1 aliphatic heterocycles. The van der Waals surface area contributed by atoms with Crippen molar-refractivity contribution in [3.05, 3.63) is 44.3 Å². The topological polar surface area (TPSA) is 138 Å². The molecule has 2 N–H and O–H groups in total. The van der Waals surface area contributed by atoms with Gasteiger partial charge in [0.05, 0.1) is 16.1 Å². The Labute approximate surface area is 203 Å². The van der Waals surface area contributed by atoms with Gasteiger partial charge in [-0.05, 0) is 43.1 Å². The summed E-state index contributed by atoms with van der Waals surface area (Å²) in [7, 11) is 0. The lowest BCUT2D eigenvalue weighted by molar-refractivity contribution is -0.197. The molecule has 1 fully saturated rings. The molecule has 1 aromatic rings. The number of carbonyl (C=O) groups excluding carboxylic acids is 2. The van der Waals surface area contributed by atoms with Gasteiger partial charge >= 0.3 is 17.8 Å². The zero-order chi connectivity index (χ0) is 24.8. The smallest absolute Gasteiger partial charge is 0.407 e. The van der Waals surface area contributed by atoms with Gasteiger partial charge < -0.3 is 24.3 Å². The van der Waals surface area contributed by atoms with E-state index in [0.29, 0.717) is 6.42 Å². The third-order valence-electron chi connectivity index (χ3n) is 4.30. The minimum absolute atomic E-state index is 0.0117. The highest BCUT2D eigenvalue weighted by molar-refractivity contribution is 9.10.